The molecule has 0 unspecified atom stereocenters. The van der Waals surface area contributed by atoms with Crippen LogP contribution < -0.4 is 15.0 Å². The Bertz CT molecular complexity index is 815. The molecule has 144 valence electrons. The fraction of sp³-hybridized carbons (Fsp3) is 0.400. The normalized spacial score (nSPS) is 19.3. The largest absolute Gasteiger partial charge is 0.454 e. The number of halogens is 3. The Hall–Kier alpha value is -2.25. The van der Waals surface area contributed by atoms with Crippen LogP contribution in [0.2, 0.25) is 0 Å². The molecular formula is C20H21F3N2O2. The van der Waals surface area contributed by atoms with Crippen LogP contribution in [0.15, 0.2) is 36.4 Å². The van der Waals surface area contributed by atoms with Crippen molar-refractivity contribution >= 4 is 5.69 Å². The topological polar surface area (TPSA) is 33.7 Å². The molecule has 2 fully saturated rings. The lowest BCUT2D eigenvalue weighted by Gasteiger charge is -2.44. The Kier molecular flexibility index (Phi) is 4.97. The summed E-state index contributed by atoms with van der Waals surface area (Å²) in [5, 5.41) is 3.32. The highest BCUT2D eigenvalue weighted by Crippen LogP contribution is 2.37. The number of rotatable bonds is 3. The van der Waals surface area contributed by atoms with Crippen LogP contribution in [0.4, 0.5) is 18.9 Å². The van der Waals surface area contributed by atoms with Crippen LogP contribution in [0, 0.1) is 17.5 Å². The minimum Gasteiger partial charge on any atom is -0.454 e. The zero-order valence-corrected chi connectivity index (χ0v) is 14.8. The Labute approximate surface area is 155 Å². The van der Waals surface area contributed by atoms with Gasteiger partial charge in [-0.15, -0.1) is 0 Å². The second-order valence-corrected chi connectivity index (χ2v) is 6.96. The summed E-state index contributed by atoms with van der Waals surface area (Å²) in [5.41, 5.74) is -0.361. The summed E-state index contributed by atoms with van der Waals surface area (Å²) >= 11 is 0. The number of nitrogens with zero attached hydrogens (tertiary/aromatic N) is 1. The molecule has 27 heavy (non-hydrogen) atoms. The Morgan fingerprint density at radius 3 is 2.59 bits per heavy atom. The molecular weight excluding hydrogens is 357 g/mol. The van der Waals surface area contributed by atoms with Crippen molar-refractivity contribution in [2.45, 2.75) is 18.4 Å². The first kappa shape index (κ1) is 18.1. The lowest BCUT2D eigenvalue weighted by Crippen LogP contribution is -2.55. The van der Waals surface area contributed by atoms with Crippen molar-refractivity contribution in [1.82, 2.24) is 5.32 Å². The molecule has 0 amide bonds. The highest BCUT2D eigenvalue weighted by Gasteiger charge is 2.38. The van der Waals surface area contributed by atoms with Crippen molar-refractivity contribution in [2.75, 3.05) is 37.7 Å². The number of hydrogen-bond donors (Lipinski definition) is 1. The zero-order chi connectivity index (χ0) is 18.9. The molecule has 0 aromatic heterocycles. The average Bonchev–Trinajstić information content (AvgIpc) is 2.67. The van der Waals surface area contributed by atoms with Gasteiger partial charge in [-0.3, -0.25) is 0 Å². The molecule has 0 saturated carbocycles. The van der Waals surface area contributed by atoms with E-state index in [-0.39, 0.29) is 22.8 Å². The van der Waals surface area contributed by atoms with Crippen LogP contribution in [-0.2, 0) is 4.74 Å². The monoisotopic (exact) mass is 378 g/mol. The number of nitrogens with one attached hydrogen (secondary N) is 1. The van der Waals surface area contributed by atoms with Gasteiger partial charge in [0.2, 0.25) is 0 Å². The van der Waals surface area contributed by atoms with E-state index in [2.05, 4.69) is 5.32 Å². The Morgan fingerprint density at radius 2 is 1.89 bits per heavy atom. The number of benzene rings is 2. The van der Waals surface area contributed by atoms with Crippen molar-refractivity contribution in [2.24, 2.45) is 0 Å². The third-order valence-corrected chi connectivity index (χ3v) is 5.18. The maximum absolute atomic E-state index is 15.0. The molecule has 1 N–H and O–H groups in total. The molecule has 2 aliphatic rings. The van der Waals surface area contributed by atoms with Crippen LogP contribution >= 0.6 is 0 Å². The van der Waals surface area contributed by atoms with E-state index < -0.39 is 17.5 Å². The summed E-state index contributed by atoms with van der Waals surface area (Å²) in [6.45, 7) is 3.21. The smallest absolute Gasteiger partial charge is 0.191 e. The lowest BCUT2D eigenvalue weighted by molar-refractivity contribution is -0.0800. The van der Waals surface area contributed by atoms with Gasteiger partial charge in [0.1, 0.15) is 23.1 Å². The highest BCUT2D eigenvalue weighted by molar-refractivity contribution is 5.55. The van der Waals surface area contributed by atoms with Crippen molar-refractivity contribution in [3.63, 3.8) is 0 Å². The summed E-state index contributed by atoms with van der Waals surface area (Å²) in [7, 11) is 0. The highest BCUT2D eigenvalue weighted by atomic mass is 19.1. The molecule has 0 atom stereocenters. The van der Waals surface area contributed by atoms with Crippen LogP contribution in [0.5, 0.6) is 11.5 Å². The SMILES string of the molecule is Fc1cccc(Oc2ccc(F)c(N3CCC4(CC3)CNCCO4)c2F)c1. The maximum atomic E-state index is 15.0. The third kappa shape index (κ3) is 3.75. The molecule has 2 aromatic rings. The van der Waals surface area contributed by atoms with Gasteiger partial charge in [-0.1, -0.05) is 6.07 Å². The molecule has 2 aliphatic heterocycles. The number of hydrogen-bond acceptors (Lipinski definition) is 4. The van der Waals surface area contributed by atoms with E-state index in [4.69, 9.17) is 9.47 Å². The predicted molar refractivity (Wildman–Crippen MR) is 95.8 cm³/mol. The number of morpholine rings is 1. The molecule has 4 rings (SSSR count). The van der Waals surface area contributed by atoms with E-state index in [1.165, 1.54) is 30.3 Å². The first-order chi connectivity index (χ1) is 13.1. The maximum Gasteiger partial charge on any atom is 0.191 e. The van der Waals surface area contributed by atoms with Gasteiger partial charge in [0, 0.05) is 32.2 Å². The van der Waals surface area contributed by atoms with Gasteiger partial charge in [0.05, 0.1) is 12.2 Å². The molecule has 4 nitrogen and oxygen atoms in total. The predicted octanol–water partition coefficient (Wildman–Crippen LogP) is 3.86. The first-order valence-corrected chi connectivity index (χ1v) is 9.07. The third-order valence-electron chi connectivity index (χ3n) is 5.18. The van der Waals surface area contributed by atoms with Crippen molar-refractivity contribution in [3.8, 4) is 11.5 Å². The zero-order valence-electron chi connectivity index (χ0n) is 14.8. The first-order valence-electron chi connectivity index (χ1n) is 9.07. The number of piperidine rings is 1. The molecule has 1 spiro atoms. The average molecular weight is 378 g/mol. The molecule has 2 heterocycles. The second kappa shape index (κ2) is 7.40. The minimum absolute atomic E-state index is 0.109. The lowest BCUT2D eigenvalue weighted by atomic mass is 9.89. The summed E-state index contributed by atoms with van der Waals surface area (Å²) in [6, 6.07) is 7.80. The van der Waals surface area contributed by atoms with Gasteiger partial charge in [0.15, 0.2) is 11.6 Å². The fourth-order valence-electron chi connectivity index (χ4n) is 3.71. The molecule has 0 radical (unpaired) electrons. The minimum atomic E-state index is -0.780. The van der Waals surface area contributed by atoms with Crippen molar-refractivity contribution in [3.05, 3.63) is 53.8 Å². The second-order valence-electron chi connectivity index (χ2n) is 6.96. The van der Waals surface area contributed by atoms with E-state index >= 15 is 0 Å². The van der Waals surface area contributed by atoms with Gasteiger partial charge in [-0.25, -0.2) is 13.2 Å². The van der Waals surface area contributed by atoms with Crippen LogP contribution in [0.3, 0.4) is 0 Å². The Balaban J connectivity index is 1.54. The summed E-state index contributed by atoms with van der Waals surface area (Å²) < 4.78 is 54.1. The molecule has 0 aliphatic carbocycles. The van der Waals surface area contributed by atoms with E-state index in [1.54, 1.807) is 4.90 Å². The number of anilines is 1. The molecule has 7 heteroatoms. The van der Waals surface area contributed by atoms with Gasteiger partial charge < -0.3 is 19.7 Å². The van der Waals surface area contributed by atoms with Crippen molar-refractivity contribution in [1.29, 1.82) is 0 Å². The summed E-state index contributed by atoms with van der Waals surface area (Å²) in [6.07, 6.45) is 1.38. The quantitative estimate of drug-likeness (QED) is 0.880. The van der Waals surface area contributed by atoms with Gasteiger partial charge in [0.25, 0.3) is 0 Å². The Morgan fingerprint density at radius 1 is 1.07 bits per heavy atom. The molecule has 2 aromatic carbocycles. The van der Waals surface area contributed by atoms with E-state index in [0.29, 0.717) is 32.5 Å². The van der Waals surface area contributed by atoms with E-state index in [1.807, 2.05) is 0 Å². The fourth-order valence-corrected chi connectivity index (χ4v) is 3.71. The number of ether oxygens (including phenoxy) is 2. The molecule has 0 bridgehead atoms. The van der Waals surface area contributed by atoms with Gasteiger partial charge in [-0.2, -0.15) is 0 Å². The van der Waals surface area contributed by atoms with E-state index in [9.17, 15) is 13.2 Å². The van der Waals surface area contributed by atoms with Gasteiger partial charge in [-0.05, 0) is 37.1 Å². The van der Waals surface area contributed by atoms with E-state index in [0.717, 1.165) is 19.2 Å². The summed E-state index contributed by atoms with van der Waals surface area (Å²) in [5.74, 6) is -1.88. The van der Waals surface area contributed by atoms with Crippen LogP contribution in [-0.4, -0.2) is 38.4 Å². The molecule has 2 saturated heterocycles. The van der Waals surface area contributed by atoms with Crippen molar-refractivity contribution < 1.29 is 22.6 Å². The van der Waals surface area contributed by atoms with Crippen LogP contribution in [0.25, 0.3) is 0 Å². The summed E-state index contributed by atoms with van der Waals surface area (Å²) in [4.78, 5) is 1.69. The van der Waals surface area contributed by atoms with Gasteiger partial charge >= 0.3 is 0 Å². The van der Waals surface area contributed by atoms with Crippen LogP contribution in [0.1, 0.15) is 12.8 Å². The standard InChI is InChI=1S/C20H21F3N2O2/c21-14-2-1-3-15(12-14)27-17-5-4-16(22)19(18(17)23)25-9-6-20(7-10-25)13-24-8-11-26-20/h1-5,12,24H,6-11,13H2.